The molecule has 27 heavy (non-hydrogen) atoms. The van der Waals surface area contributed by atoms with Gasteiger partial charge in [0.05, 0.1) is 13.2 Å². The maximum atomic E-state index is 10.8. The van der Waals surface area contributed by atoms with E-state index in [1.807, 2.05) is 48.5 Å². The molecule has 1 aliphatic heterocycles. The smallest absolute Gasteiger partial charge is 0.414 e. The minimum Gasteiger partial charge on any atom is -0.443 e. The number of hydrogen-bond donors (Lipinski definition) is 0. The van der Waals surface area contributed by atoms with Crippen LogP contribution in [0.5, 0.6) is 6.01 Å². The van der Waals surface area contributed by atoms with Gasteiger partial charge in [-0.2, -0.15) is 0 Å². The molecule has 2 aromatic carbocycles. The van der Waals surface area contributed by atoms with Crippen LogP contribution < -0.4 is 4.74 Å². The number of rotatable bonds is 5. The summed E-state index contributed by atoms with van der Waals surface area (Å²) in [5.41, 5.74) is 3.05. The summed E-state index contributed by atoms with van der Waals surface area (Å²) in [6, 6.07) is 16.0. The third-order valence-corrected chi connectivity index (χ3v) is 4.67. The summed E-state index contributed by atoms with van der Waals surface area (Å²) >= 11 is 6.24. The van der Waals surface area contributed by atoms with Gasteiger partial charge in [-0.1, -0.05) is 54.1 Å². The second-order valence-corrected chi connectivity index (χ2v) is 6.62. The van der Waals surface area contributed by atoms with E-state index in [1.54, 1.807) is 4.57 Å². The molecular weight excluding hydrogens is 370 g/mol. The number of fused-ring (bicyclic) bond motifs is 1. The van der Waals surface area contributed by atoms with E-state index in [2.05, 4.69) is 4.98 Å². The van der Waals surface area contributed by atoms with E-state index in [1.165, 1.54) is 6.20 Å². The number of nitrogens with zero attached hydrogens (tertiary/aromatic N) is 3. The highest BCUT2D eigenvalue weighted by Crippen LogP contribution is 2.28. The molecule has 0 spiro atoms. The van der Waals surface area contributed by atoms with Crippen molar-refractivity contribution in [3.63, 3.8) is 0 Å². The molecule has 4 rings (SSSR count). The lowest BCUT2D eigenvalue weighted by molar-refractivity contribution is -0.389. The van der Waals surface area contributed by atoms with Gasteiger partial charge in [-0.05, 0) is 22.1 Å². The summed E-state index contributed by atoms with van der Waals surface area (Å²) in [6.07, 6.45) is 1.16. The van der Waals surface area contributed by atoms with Crippen LogP contribution >= 0.6 is 11.6 Å². The predicted molar refractivity (Wildman–Crippen MR) is 99.8 cm³/mol. The van der Waals surface area contributed by atoms with E-state index >= 15 is 0 Å². The van der Waals surface area contributed by atoms with Crippen molar-refractivity contribution in [3.05, 3.63) is 75.4 Å². The molecule has 0 fully saturated rings. The predicted octanol–water partition coefficient (Wildman–Crippen LogP) is 4.09. The van der Waals surface area contributed by atoms with Crippen LogP contribution in [-0.4, -0.2) is 27.2 Å². The van der Waals surface area contributed by atoms with Crippen LogP contribution in [0, 0.1) is 10.1 Å². The van der Waals surface area contributed by atoms with Crippen LogP contribution in [0.1, 0.15) is 5.56 Å². The highest BCUT2D eigenvalue weighted by atomic mass is 35.5. The largest absolute Gasteiger partial charge is 0.443 e. The Balaban J connectivity index is 1.38. The molecular formula is C19H16ClN3O4. The number of nitro groups is 1. The van der Waals surface area contributed by atoms with Crippen molar-refractivity contribution in [2.24, 2.45) is 0 Å². The quantitative estimate of drug-likeness (QED) is 0.488. The van der Waals surface area contributed by atoms with E-state index in [9.17, 15) is 10.1 Å². The first kappa shape index (κ1) is 17.5. The molecule has 3 aromatic rings. The fraction of sp³-hybridized carbons (Fsp3) is 0.211. The Hall–Kier alpha value is -2.90. The third-order valence-electron chi connectivity index (χ3n) is 4.34. The van der Waals surface area contributed by atoms with Crippen molar-refractivity contribution in [1.29, 1.82) is 0 Å². The van der Waals surface area contributed by atoms with Gasteiger partial charge in [-0.3, -0.25) is 4.57 Å². The summed E-state index contributed by atoms with van der Waals surface area (Å²) in [7, 11) is 0. The van der Waals surface area contributed by atoms with Gasteiger partial charge in [0.1, 0.15) is 18.9 Å². The Morgan fingerprint density at radius 2 is 2.04 bits per heavy atom. The first-order valence-corrected chi connectivity index (χ1v) is 8.78. The first-order valence-electron chi connectivity index (χ1n) is 8.40. The highest BCUT2D eigenvalue weighted by molar-refractivity contribution is 6.33. The molecule has 0 radical (unpaired) electrons. The Morgan fingerprint density at radius 3 is 2.78 bits per heavy atom. The molecule has 0 N–H and O–H groups in total. The van der Waals surface area contributed by atoms with Crippen LogP contribution in [0.3, 0.4) is 0 Å². The molecule has 7 nitrogen and oxygen atoms in total. The van der Waals surface area contributed by atoms with Crippen LogP contribution in [0.25, 0.3) is 11.1 Å². The van der Waals surface area contributed by atoms with Gasteiger partial charge in [-0.15, -0.1) is 0 Å². The number of ether oxygens (including phenoxy) is 2. The number of halogens is 1. The lowest BCUT2D eigenvalue weighted by atomic mass is 10.0. The summed E-state index contributed by atoms with van der Waals surface area (Å²) in [4.78, 5) is 14.1. The molecule has 0 saturated carbocycles. The monoisotopic (exact) mass is 385 g/mol. The topological polar surface area (TPSA) is 79.4 Å². The molecule has 2 heterocycles. The van der Waals surface area contributed by atoms with Gasteiger partial charge < -0.3 is 19.6 Å². The Morgan fingerprint density at radius 1 is 1.26 bits per heavy atom. The van der Waals surface area contributed by atoms with E-state index in [-0.39, 0.29) is 17.9 Å². The van der Waals surface area contributed by atoms with Crippen LogP contribution in [0.2, 0.25) is 5.02 Å². The van der Waals surface area contributed by atoms with Gasteiger partial charge in [-0.25, -0.2) is 0 Å². The average Bonchev–Trinajstić information content (AvgIpc) is 3.11. The number of imidazole rings is 1. The van der Waals surface area contributed by atoms with Crippen LogP contribution in [-0.2, 0) is 17.9 Å². The van der Waals surface area contributed by atoms with Gasteiger partial charge in [0.15, 0.2) is 0 Å². The normalized spacial score (nSPS) is 15.8. The molecule has 0 amide bonds. The minimum atomic E-state index is -0.537. The van der Waals surface area contributed by atoms with E-state index < -0.39 is 4.92 Å². The fourth-order valence-corrected chi connectivity index (χ4v) is 3.19. The van der Waals surface area contributed by atoms with E-state index in [4.69, 9.17) is 21.1 Å². The first-order chi connectivity index (χ1) is 13.1. The van der Waals surface area contributed by atoms with Crippen molar-refractivity contribution >= 4 is 17.4 Å². The van der Waals surface area contributed by atoms with Crippen molar-refractivity contribution in [1.82, 2.24) is 9.55 Å². The lowest BCUT2D eigenvalue weighted by Gasteiger charge is -2.22. The van der Waals surface area contributed by atoms with Gasteiger partial charge in [0, 0.05) is 15.6 Å². The fourth-order valence-electron chi connectivity index (χ4n) is 2.95. The molecule has 8 heteroatoms. The van der Waals surface area contributed by atoms with E-state index in [0.717, 1.165) is 16.7 Å². The summed E-state index contributed by atoms with van der Waals surface area (Å²) in [5.74, 6) is -0.221. The summed E-state index contributed by atoms with van der Waals surface area (Å²) in [5, 5.41) is 11.5. The maximum absolute atomic E-state index is 10.8. The van der Waals surface area contributed by atoms with Crippen LogP contribution in [0.4, 0.5) is 5.82 Å². The van der Waals surface area contributed by atoms with Gasteiger partial charge >= 0.3 is 11.8 Å². The summed E-state index contributed by atoms with van der Waals surface area (Å²) < 4.78 is 13.0. The second kappa shape index (κ2) is 7.38. The minimum absolute atomic E-state index is 0.199. The standard InChI is InChI=1S/C19H16ClN3O4/c20-17-4-2-1-3-16(17)14-7-5-13(6-8-14)11-26-15-9-22-10-18(23(24)25)21-19(22)27-12-15/h1-8,10,15H,9,11-12H2/t15-/m0/s1. The SMILES string of the molecule is O=[N+]([O-])c1cn2c(n1)OC[C@@H](OCc1ccc(-c3ccccc3Cl)cc1)C2. The zero-order valence-electron chi connectivity index (χ0n) is 14.2. The molecule has 0 bridgehead atoms. The van der Waals surface area contributed by atoms with Gasteiger partial charge in [0.2, 0.25) is 0 Å². The number of aromatic nitrogens is 2. The molecule has 0 aliphatic carbocycles. The lowest BCUT2D eigenvalue weighted by Crippen LogP contribution is -2.32. The number of hydrogen-bond acceptors (Lipinski definition) is 5. The Bertz CT molecular complexity index is 971. The molecule has 0 unspecified atom stereocenters. The highest BCUT2D eigenvalue weighted by Gasteiger charge is 2.28. The molecule has 1 aromatic heterocycles. The molecule has 1 aliphatic rings. The second-order valence-electron chi connectivity index (χ2n) is 6.21. The zero-order valence-corrected chi connectivity index (χ0v) is 15.0. The Kier molecular flexibility index (Phi) is 4.79. The Labute approximate surface area is 160 Å². The zero-order chi connectivity index (χ0) is 18.8. The average molecular weight is 386 g/mol. The van der Waals surface area contributed by atoms with Crippen molar-refractivity contribution in [2.45, 2.75) is 19.3 Å². The maximum Gasteiger partial charge on any atom is 0.414 e. The molecule has 1 atom stereocenters. The molecule has 138 valence electrons. The van der Waals surface area contributed by atoms with Gasteiger partial charge in [0.25, 0.3) is 0 Å². The van der Waals surface area contributed by atoms with E-state index in [0.29, 0.717) is 24.8 Å². The third kappa shape index (κ3) is 3.79. The number of benzene rings is 2. The van der Waals surface area contributed by atoms with Crippen molar-refractivity contribution in [3.8, 4) is 17.1 Å². The van der Waals surface area contributed by atoms with Crippen LogP contribution in [0.15, 0.2) is 54.7 Å². The molecule has 0 saturated heterocycles. The van der Waals surface area contributed by atoms with Crippen molar-refractivity contribution in [2.75, 3.05) is 6.61 Å². The summed E-state index contributed by atoms with van der Waals surface area (Å²) in [6.45, 7) is 1.20. The van der Waals surface area contributed by atoms with Crippen molar-refractivity contribution < 1.29 is 14.4 Å².